The van der Waals surface area contributed by atoms with Gasteiger partial charge in [0.05, 0.1) is 5.56 Å². The monoisotopic (exact) mass is 200 g/mol. The average Bonchev–Trinajstić information content (AvgIpc) is 2.15. The summed E-state index contributed by atoms with van der Waals surface area (Å²) in [5.41, 5.74) is 0.227. The van der Waals surface area contributed by atoms with E-state index in [9.17, 15) is 13.2 Å². The van der Waals surface area contributed by atoms with Crippen LogP contribution in [0.3, 0.4) is 0 Å². The van der Waals surface area contributed by atoms with E-state index in [0.29, 0.717) is 0 Å². The van der Waals surface area contributed by atoms with Crippen LogP contribution in [0, 0.1) is 0 Å². The lowest BCUT2D eigenvalue weighted by Crippen LogP contribution is -2.04. The fourth-order valence-electron chi connectivity index (χ4n) is 1.11. The standard InChI is InChI=1S/C11H11F3/c1-3-8(2)9-4-6-10(7-5-9)11(12,13)14/h3-8H,1H2,2H3/t8-/m0/s1. The molecule has 76 valence electrons. The normalized spacial score (nSPS) is 13.7. The van der Waals surface area contributed by atoms with Crippen molar-refractivity contribution in [3.8, 4) is 0 Å². The van der Waals surface area contributed by atoms with Gasteiger partial charge in [0.25, 0.3) is 0 Å². The Bertz CT molecular complexity index is 308. The number of allylic oxidation sites excluding steroid dienone is 1. The molecule has 0 aromatic heterocycles. The Morgan fingerprint density at radius 2 is 1.71 bits per heavy atom. The van der Waals surface area contributed by atoms with Crippen LogP contribution in [0.2, 0.25) is 0 Å². The minimum absolute atomic E-state index is 0.0808. The second-order valence-electron chi connectivity index (χ2n) is 3.14. The van der Waals surface area contributed by atoms with E-state index in [0.717, 1.165) is 17.7 Å². The highest BCUT2D eigenvalue weighted by atomic mass is 19.4. The molecule has 0 heterocycles. The number of hydrogen-bond donors (Lipinski definition) is 0. The molecule has 0 aliphatic carbocycles. The number of alkyl halides is 3. The fourth-order valence-corrected chi connectivity index (χ4v) is 1.11. The van der Waals surface area contributed by atoms with E-state index in [1.807, 2.05) is 6.92 Å². The van der Waals surface area contributed by atoms with Crippen LogP contribution in [-0.4, -0.2) is 0 Å². The minimum Gasteiger partial charge on any atom is -0.166 e. The summed E-state index contributed by atoms with van der Waals surface area (Å²) in [6.07, 6.45) is -2.56. The summed E-state index contributed by atoms with van der Waals surface area (Å²) in [5.74, 6) is 0.0808. The first-order chi connectivity index (χ1) is 6.45. The Balaban J connectivity index is 2.95. The molecule has 3 heteroatoms. The van der Waals surface area contributed by atoms with Gasteiger partial charge in [-0.2, -0.15) is 13.2 Å². The summed E-state index contributed by atoms with van der Waals surface area (Å²) < 4.78 is 36.5. The van der Waals surface area contributed by atoms with Crippen molar-refractivity contribution in [2.75, 3.05) is 0 Å². The molecule has 0 N–H and O–H groups in total. The maximum atomic E-state index is 12.2. The Hall–Kier alpha value is -1.25. The molecule has 0 aliphatic heterocycles. The minimum atomic E-state index is -4.25. The molecule has 1 rings (SSSR count). The predicted molar refractivity (Wildman–Crippen MR) is 50.1 cm³/mol. The van der Waals surface area contributed by atoms with Crippen LogP contribution >= 0.6 is 0 Å². The third-order valence-corrected chi connectivity index (χ3v) is 2.12. The smallest absolute Gasteiger partial charge is 0.166 e. The lowest BCUT2D eigenvalue weighted by molar-refractivity contribution is -0.137. The molecule has 14 heavy (non-hydrogen) atoms. The quantitative estimate of drug-likeness (QED) is 0.633. The first-order valence-corrected chi connectivity index (χ1v) is 4.25. The van der Waals surface area contributed by atoms with Gasteiger partial charge in [-0.25, -0.2) is 0 Å². The molecular formula is C11H11F3. The zero-order valence-electron chi connectivity index (χ0n) is 7.81. The fraction of sp³-hybridized carbons (Fsp3) is 0.273. The number of benzene rings is 1. The Labute approximate surface area is 81.1 Å². The van der Waals surface area contributed by atoms with Gasteiger partial charge in [-0.05, 0) is 23.6 Å². The van der Waals surface area contributed by atoms with Crippen LogP contribution in [0.4, 0.5) is 13.2 Å². The first kappa shape index (κ1) is 10.8. The zero-order valence-corrected chi connectivity index (χ0v) is 7.81. The van der Waals surface area contributed by atoms with Crippen LogP contribution in [-0.2, 0) is 6.18 Å². The van der Waals surface area contributed by atoms with Crippen LogP contribution in [0.1, 0.15) is 24.0 Å². The maximum Gasteiger partial charge on any atom is 0.416 e. The lowest BCUT2D eigenvalue weighted by Gasteiger charge is -2.09. The first-order valence-electron chi connectivity index (χ1n) is 4.25. The molecule has 0 fully saturated rings. The van der Waals surface area contributed by atoms with Crippen LogP contribution in [0.15, 0.2) is 36.9 Å². The third-order valence-electron chi connectivity index (χ3n) is 2.12. The molecule has 0 radical (unpaired) electrons. The van der Waals surface area contributed by atoms with Crippen molar-refractivity contribution in [1.82, 2.24) is 0 Å². The molecule has 0 nitrogen and oxygen atoms in total. The van der Waals surface area contributed by atoms with E-state index in [1.165, 1.54) is 12.1 Å². The van der Waals surface area contributed by atoms with Gasteiger partial charge in [0.15, 0.2) is 0 Å². The molecule has 1 aromatic carbocycles. The van der Waals surface area contributed by atoms with Crippen molar-refractivity contribution in [1.29, 1.82) is 0 Å². The topological polar surface area (TPSA) is 0 Å². The summed E-state index contributed by atoms with van der Waals surface area (Å²) in [4.78, 5) is 0. The molecule has 1 atom stereocenters. The summed E-state index contributed by atoms with van der Waals surface area (Å²) in [6, 6.07) is 5.15. The van der Waals surface area contributed by atoms with E-state index >= 15 is 0 Å². The zero-order chi connectivity index (χ0) is 10.8. The van der Waals surface area contributed by atoms with E-state index in [4.69, 9.17) is 0 Å². The van der Waals surface area contributed by atoms with E-state index in [1.54, 1.807) is 6.08 Å². The Morgan fingerprint density at radius 3 is 2.07 bits per heavy atom. The van der Waals surface area contributed by atoms with E-state index in [-0.39, 0.29) is 5.92 Å². The predicted octanol–water partition coefficient (Wildman–Crippen LogP) is 3.99. The highest BCUT2D eigenvalue weighted by Crippen LogP contribution is 2.30. The molecular weight excluding hydrogens is 189 g/mol. The van der Waals surface area contributed by atoms with Crippen LogP contribution in [0.25, 0.3) is 0 Å². The van der Waals surface area contributed by atoms with Crippen molar-refractivity contribution in [3.05, 3.63) is 48.0 Å². The average molecular weight is 200 g/mol. The molecule has 0 aliphatic rings. The highest BCUT2D eigenvalue weighted by molar-refractivity contribution is 5.28. The third kappa shape index (κ3) is 2.37. The molecule has 1 aromatic rings. The van der Waals surface area contributed by atoms with Gasteiger partial charge >= 0.3 is 6.18 Å². The molecule has 0 amide bonds. The summed E-state index contributed by atoms with van der Waals surface area (Å²) in [7, 11) is 0. The van der Waals surface area contributed by atoms with Crippen LogP contribution in [0.5, 0.6) is 0 Å². The summed E-state index contributed by atoms with van der Waals surface area (Å²) >= 11 is 0. The largest absolute Gasteiger partial charge is 0.416 e. The summed E-state index contributed by atoms with van der Waals surface area (Å²) in [6.45, 7) is 5.47. The van der Waals surface area contributed by atoms with Gasteiger partial charge in [-0.15, -0.1) is 6.58 Å². The van der Waals surface area contributed by atoms with Gasteiger partial charge in [0.2, 0.25) is 0 Å². The van der Waals surface area contributed by atoms with Crippen molar-refractivity contribution in [2.24, 2.45) is 0 Å². The van der Waals surface area contributed by atoms with Gasteiger partial charge < -0.3 is 0 Å². The molecule has 0 saturated carbocycles. The summed E-state index contributed by atoms with van der Waals surface area (Å²) in [5, 5.41) is 0. The maximum absolute atomic E-state index is 12.2. The van der Waals surface area contributed by atoms with Gasteiger partial charge in [0, 0.05) is 0 Å². The number of rotatable bonds is 2. The van der Waals surface area contributed by atoms with Crippen molar-refractivity contribution < 1.29 is 13.2 Å². The van der Waals surface area contributed by atoms with Crippen molar-refractivity contribution in [3.63, 3.8) is 0 Å². The van der Waals surface area contributed by atoms with Crippen molar-refractivity contribution >= 4 is 0 Å². The van der Waals surface area contributed by atoms with E-state index in [2.05, 4.69) is 6.58 Å². The highest BCUT2D eigenvalue weighted by Gasteiger charge is 2.29. The molecule has 0 unspecified atom stereocenters. The second-order valence-corrected chi connectivity index (χ2v) is 3.14. The molecule has 0 saturated heterocycles. The van der Waals surface area contributed by atoms with Crippen molar-refractivity contribution in [2.45, 2.75) is 19.0 Å². The SMILES string of the molecule is C=C[C@H](C)c1ccc(C(F)(F)F)cc1. The number of hydrogen-bond acceptors (Lipinski definition) is 0. The van der Waals surface area contributed by atoms with Gasteiger partial charge in [-0.3, -0.25) is 0 Å². The van der Waals surface area contributed by atoms with E-state index < -0.39 is 11.7 Å². The van der Waals surface area contributed by atoms with Gasteiger partial charge in [-0.1, -0.05) is 25.1 Å². The second kappa shape index (κ2) is 3.86. The lowest BCUT2D eigenvalue weighted by atomic mass is 10.00. The Morgan fingerprint density at radius 1 is 1.21 bits per heavy atom. The van der Waals surface area contributed by atoms with Crippen LogP contribution < -0.4 is 0 Å². The molecule has 0 spiro atoms. The van der Waals surface area contributed by atoms with Gasteiger partial charge in [0.1, 0.15) is 0 Å². The Kier molecular flexibility index (Phi) is 2.99. The number of halogens is 3. The molecule has 0 bridgehead atoms.